The van der Waals surface area contributed by atoms with Crippen molar-refractivity contribution >= 4 is 60.3 Å². The van der Waals surface area contributed by atoms with Gasteiger partial charge in [0.25, 0.3) is 0 Å². The molecule has 0 amide bonds. The number of fused-ring (bicyclic) bond motifs is 1. The smallest absolute Gasteiger partial charge is 0.0888 e. The van der Waals surface area contributed by atoms with Crippen LogP contribution in [0.3, 0.4) is 0 Å². The molecule has 3 rings (SSSR count). The summed E-state index contributed by atoms with van der Waals surface area (Å²) in [5.41, 5.74) is 1.34. The number of nitrogens with one attached hydrogen (secondary N) is 1. The Kier molecular flexibility index (Phi) is 5.02. The van der Waals surface area contributed by atoms with Crippen LogP contribution in [-0.4, -0.2) is 6.54 Å². The maximum Gasteiger partial charge on any atom is 0.0888 e. The van der Waals surface area contributed by atoms with E-state index in [1.807, 2.05) is 0 Å². The molecule has 0 aliphatic rings. The van der Waals surface area contributed by atoms with Crippen molar-refractivity contribution < 1.29 is 0 Å². The summed E-state index contributed by atoms with van der Waals surface area (Å²) in [6, 6.07) is 10.8. The maximum absolute atomic E-state index is 6.23. The number of rotatable bonds is 5. The first-order valence-corrected chi connectivity index (χ1v) is 9.71. The second-order valence-electron chi connectivity index (χ2n) is 4.84. The van der Waals surface area contributed by atoms with Crippen molar-refractivity contribution in [2.24, 2.45) is 0 Å². The van der Waals surface area contributed by atoms with E-state index in [-0.39, 0.29) is 6.04 Å². The number of hydrogen-bond acceptors (Lipinski definition) is 3. The van der Waals surface area contributed by atoms with Crippen LogP contribution in [0.4, 0.5) is 0 Å². The quantitative estimate of drug-likeness (QED) is 0.517. The maximum atomic E-state index is 6.23. The highest BCUT2D eigenvalue weighted by Gasteiger charge is 2.20. The minimum atomic E-state index is 0.204. The van der Waals surface area contributed by atoms with Gasteiger partial charge in [-0.2, -0.15) is 0 Å². The molecule has 0 radical (unpaired) electrons. The Labute approximate surface area is 146 Å². The van der Waals surface area contributed by atoms with Gasteiger partial charge in [-0.05, 0) is 57.4 Å². The molecular formula is C16H15BrClNS2. The van der Waals surface area contributed by atoms with Crippen molar-refractivity contribution in [3.63, 3.8) is 0 Å². The van der Waals surface area contributed by atoms with Gasteiger partial charge in [0.1, 0.15) is 0 Å². The minimum Gasteiger partial charge on any atom is -0.306 e. The zero-order valence-electron chi connectivity index (χ0n) is 11.5. The zero-order valence-corrected chi connectivity index (χ0v) is 15.5. The van der Waals surface area contributed by atoms with Crippen LogP contribution in [0.25, 0.3) is 10.1 Å². The molecule has 0 fully saturated rings. The molecule has 2 heterocycles. The lowest BCUT2D eigenvalue weighted by Gasteiger charge is -2.17. The molecule has 21 heavy (non-hydrogen) atoms. The van der Waals surface area contributed by atoms with E-state index in [1.54, 1.807) is 22.7 Å². The number of benzene rings is 1. The molecule has 0 bridgehead atoms. The summed E-state index contributed by atoms with van der Waals surface area (Å²) in [6.07, 6.45) is 1.11. The second kappa shape index (κ2) is 6.80. The van der Waals surface area contributed by atoms with Gasteiger partial charge < -0.3 is 5.32 Å². The van der Waals surface area contributed by atoms with Crippen LogP contribution in [0.2, 0.25) is 5.02 Å². The average Bonchev–Trinajstić information content (AvgIpc) is 3.05. The Morgan fingerprint density at radius 3 is 2.86 bits per heavy atom. The summed E-state index contributed by atoms with van der Waals surface area (Å²) in [5.74, 6) is 0. The van der Waals surface area contributed by atoms with Crippen molar-refractivity contribution in [1.82, 2.24) is 5.32 Å². The fourth-order valence-corrected chi connectivity index (χ4v) is 5.21. The van der Waals surface area contributed by atoms with Gasteiger partial charge in [-0.3, -0.25) is 0 Å². The molecule has 3 aromatic rings. The van der Waals surface area contributed by atoms with E-state index in [9.17, 15) is 0 Å². The van der Waals surface area contributed by atoms with E-state index in [4.69, 9.17) is 11.6 Å². The minimum absolute atomic E-state index is 0.204. The van der Waals surface area contributed by atoms with Gasteiger partial charge in [0.15, 0.2) is 0 Å². The fraction of sp³-hybridized carbons (Fsp3) is 0.250. The van der Waals surface area contributed by atoms with Gasteiger partial charge in [0.2, 0.25) is 0 Å². The van der Waals surface area contributed by atoms with Crippen molar-refractivity contribution in [3.8, 4) is 0 Å². The Morgan fingerprint density at radius 1 is 1.33 bits per heavy atom. The molecule has 5 heteroatoms. The molecule has 1 atom stereocenters. The molecule has 1 nitrogen and oxygen atoms in total. The van der Waals surface area contributed by atoms with Crippen molar-refractivity contribution in [1.29, 1.82) is 0 Å². The average molecular weight is 401 g/mol. The van der Waals surface area contributed by atoms with Crippen molar-refractivity contribution in [3.05, 3.63) is 55.0 Å². The highest BCUT2D eigenvalue weighted by molar-refractivity contribution is 9.11. The summed E-state index contributed by atoms with van der Waals surface area (Å²) >= 11 is 13.3. The first-order valence-electron chi connectivity index (χ1n) is 6.85. The van der Waals surface area contributed by atoms with E-state index < -0.39 is 0 Å². The predicted octanol–water partition coefficient (Wildman–Crippen LogP) is 6.47. The van der Waals surface area contributed by atoms with E-state index in [0.717, 1.165) is 21.8 Å². The molecule has 0 saturated carbocycles. The summed E-state index contributed by atoms with van der Waals surface area (Å²) in [5, 5.41) is 8.04. The van der Waals surface area contributed by atoms with Gasteiger partial charge in [0, 0.05) is 9.58 Å². The number of halogens is 2. The third kappa shape index (κ3) is 3.20. The predicted molar refractivity (Wildman–Crippen MR) is 99.0 cm³/mol. The molecule has 1 unspecified atom stereocenters. The van der Waals surface area contributed by atoms with Gasteiger partial charge >= 0.3 is 0 Å². The van der Waals surface area contributed by atoms with Gasteiger partial charge in [-0.15, -0.1) is 22.7 Å². The lowest BCUT2D eigenvalue weighted by molar-refractivity contribution is 0.610. The normalized spacial score (nSPS) is 12.9. The van der Waals surface area contributed by atoms with E-state index >= 15 is 0 Å². The van der Waals surface area contributed by atoms with E-state index in [0.29, 0.717) is 0 Å². The largest absolute Gasteiger partial charge is 0.306 e. The molecule has 0 aliphatic carbocycles. The van der Waals surface area contributed by atoms with Gasteiger partial charge in [-0.1, -0.05) is 36.7 Å². The van der Waals surface area contributed by atoms with E-state index in [1.165, 1.54) is 20.5 Å². The van der Waals surface area contributed by atoms with Crippen molar-refractivity contribution in [2.75, 3.05) is 6.54 Å². The highest BCUT2D eigenvalue weighted by Crippen LogP contribution is 2.40. The monoisotopic (exact) mass is 399 g/mol. The highest BCUT2D eigenvalue weighted by atomic mass is 79.9. The Morgan fingerprint density at radius 2 is 2.14 bits per heavy atom. The Bertz CT molecular complexity index is 730. The van der Waals surface area contributed by atoms with Crippen LogP contribution in [0.15, 0.2) is 39.5 Å². The van der Waals surface area contributed by atoms with Crippen LogP contribution in [-0.2, 0) is 0 Å². The standard InChI is InChI=1S/C16H15BrClNS2/c1-2-7-19-15(14-8-12(18)16(17)21-14)11-9-20-13-6-4-3-5-10(11)13/h3-6,8-9,15,19H,2,7H2,1H3. The number of thiophene rings is 2. The van der Waals surface area contributed by atoms with Crippen molar-refractivity contribution in [2.45, 2.75) is 19.4 Å². The fourth-order valence-electron chi connectivity index (χ4n) is 2.38. The summed E-state index contributed by atoms with van der Waals surface area (Å²) in [4.78, 5) is 1.25. The Hall–Kier alpha value is -0.390. The first kappa shape index (κ1) is 15.5. The van der Waals surface area contributed by atoms with Crippen LogP contribution in [0.5, 0.6) is 0 Å². The topological polar surface area (TPSA) is 12.0 Å². The van der Waals surface area contributed by atoms with Crippen LogP contribution < -0.4 is 5.32 Å². The van der Waals surface area contributed by atoms with Gasteiger partial charge in [-0.25, -0.2) is 0 Å². The molecule has 1 N–H and O–H groups in total. The second-order valence-corrected chi connectivity index (χ2v) is 8.56. The first-order chi connectivity index (χ1) is 10.2. The molecule has 0 spiro atoms. The van der Waals surface area contributed by atoms with Gasteiger partial charge in [0.05, 0.1) is 14.9 Å². The summed E-state index contributed by atoms with van der Waals surface area (Å²) in [7, 11) is 0. The third-order valence-electron chi connectivity index (χ3n) is 3.37. The Balaban J connectivity index is 2.06. The molecule has 1 aromatic carbocycles. The van der Waals surface area contributed by atoms with Crippen LogP contribution >= 0.6 is 50.2 Å². The summed E-state index contributed by atoms with van der Waals surface area (Å²) in [6.45, 7) is 3.18. The zero-order chi connectivity index (χ0) is 14.8. The van der Waals surface area contributed by atoms with Crippen LogP contribution in [0, 0.1) is 0 Å². The number of hydrogen-bond donors (Lipinski definition) is 1. The molecule has 0 saturated heterocycles. The van der Waals surface area contributed by atoms with E-state index in [2.05, 4.69) is 63.9 Å². The lowest BCUT2D eigenvalue weighted by atomic mass is 10.0. The van der Waals surface area contributed by atoms with Crippen LogP contribution in [0.1, 0.15) is 29.8 Å². The molecular weight excluding hydrogens is 386 g/mol. The third-order valence-corrected chi connectivity index (χ3v) is 6.89. The lowest BCUT2D eigenvalue weighted by Crippen LogP contribution is -2.22. The molecule has 110 valence electrons. The molecule has 2 aromatic heterocycles. The SMILES string of the molecule is CCCNC(c1cc(Cl)c(Br)s1)c1csc2ccccc12. The molecule has 0 aliphatic heterocycles. The summed E-state index contributed by atoms with van der Waals surface area (Å²) < 4.78 is 2.33.